The second-order valence-corrected chi connectivity index (χ2v) is 8.12. The number of Topliss-reactive ketones (excluding diaryl/α,β-unsaturated/α-hetero) is 2. The van der Waals surface area contributed by atoms with Crippen LogP contribution in [0, 0.1) is 5.92 Å². The zero-order valence-electron chi connectivity index (χ0n) is 16.1. The van der Waals surface area contributed by atoms with Gasteiger partial charge in [0.05, 0.1) is 0 Å². The van der Waals surface area contributed by atoms with E-state index in [4.69, 9.17) is 0 Å². The molecule has 29 heavy (non-hydrogen) atoms. The van der Waals surface area contributed by atoms with Crippen LogP contribution in [0.3, 0.4) is 0 Å². The van der Waals surface area contributed by atoms with Crippen molar-refractivity contribution in [2.45, 2.75) is 31.6 Å². The lowest BCUT2D eigenvalue weighted by Gasteiger charge is -2.31. The summed E-state index contributed by atoms with van der Waals surface area (Å²) in [5.74, 6) is -0.623. The average molecular weight is 382 g/mol. The van der Waals surface area contributed by atoms with Crippen molar-refractivity contribution >= 4 is 28.1 Å². The molecule has 0 aliphatic heterocycles. The molecule has 1 N–H and O–H groups in total. The van der Waals surface area contributed by atoms with Crippen molar-refractivity contribution in [3.8, 4) is 0 Å². The van der Waals surface area contributed by atoms with Gasteiger partial charge < -0.3 is 5.11 Å². The molecule has 5 rings (SSSR count). The number of hydrogen-bond donors (Lipinski definition) is 1. The zero-order valence-corrected chi connectivity index (χ0v) is 16.1. The van der Waals surface area contributed by atoms with E-state index in [2.05, 4.69) is 24.3 Å². The summed E-state index contributed by atoms with van der Waals surface area (Å²) in [7, 11) is 0. The minimum Gasteiger partial charge on any atom is -0.507 e. The highest BCUT2D eigenvalue weighted by Crippen LogP contribution is 2.43. The molecular weight excluding hydrogens is 360 g/mol. The topological polar surface area (TPSA) is 54.4 Å². The molecule has 3 aromatic rings. The van der Waals surface area contributed by atoms with E-state index in [9.17, 15) is 14.7 Å². The van der Waals surface area contributed by atoms with Gasteiger partial charge in [0.2, 0.25) is 11.6 Å². The molecule has 0 amide bonds. The van der Waals surface area contributed by atoms with Crippen LogP contribution in [0.4, 0.5) is 0 Å². The van der Waals surface area contributed by atoms with Crippen LogP contribution in [0.15, 0.2) is 72.3 Å². The number of benzene rings is 3. The Hall–Kier alpha value is -3.20. The van der Waals surface area contributed by atoms with E-state index in [0.29, 0.717) is 22.6 Å². The first-order valence-electron chi connectivity index (χ1n) is 10.2. The quantitative estimate of drug-likeness (QED) is 0.566. The smallest absolute Gasteiger partial charge is 0.234 e. The second kappa shape index (κ2) is 7.00. The lowest BCUT2D eigenvalue weighted by Crippen LogP contribution is -2.29. The Kier molecular flexibility index (Phi) is 4.31. The van der Waals surface area contributed by atoms with Gasteiger partial charge in [0, 0.05) is 16.7 Å². The van der Waals surface area contributed by atoms with Crippen LogP contribution in [0.25, 0.3) is 16.5 Å². The number of rotatable bonds is 2. The maximum Gasteiger partial charge on any atom is 0.234 e. The molecule has 0 heterocycles. The predicted molar refractivity (Wildman–Crippen MR) is 114 cm³/mol. The number of carbonyl (C=O) groups is 2. The number of allylic oxidation sites excluding steroid dienone is 1. The molecule has 0 aromatic heterocycles. The maximum atomic E-state index is 12.9. The maximum absolute atomic E-state index is 12.9. The van der Waals surface area contributed by atoms with Crippen LogP contribution in [0.1, 0.15) is 53.1 Å². The summed E-state index contributed by atoms with van der Waals surface area (Å²) in [5.41, 5.74) is 2.46. The van der Waals surface area contributed by atoms with Crippen molar-refractivity contribution in [3.05, 3.63) is 89.0 Å². The Morgan fingerprint density at radius 3 is 1.86 bits per heavy atom. The van der Waals surface area contributed by atoms with Crippen molar-refractivity contribution < 1.29 is 14.7 Å². The third kappa shape index (κ3) is 2.98. The molecule has 2 aliphatic rings. The van der Waals surface area contributed by atoms with E-state index in [0.717, 1.165) is 36.5 Å². The van der Waals surface area contributed by atoms with Crippen LogP contribution in [0.2, 0.25) is 0 Å². The van der Waals surface area contributed by atoms with E-state index in [1.165, 1.54) is 5.56 Å². The highest BCUT2D eigenvalue weighted by Gasteiger charge is 2.38. The summed E-state index contributed by atoms with van der Waals surface area (Å²) in [6.45, 7) is 0. The summed E-state index contributed by atoms with van der Waals surface area (Å²) in [6.07, 6.45) is 3.52. The molecule has 0 radical (unpaired) electrons. The normalized spacial score (nSPS) is 22.1. The Bertz CT molecular complexity index is 1150. The molecule has 0 spiro atoms. The Morgan fingerprint density at radius 2 is 1.21 bits per heavy atom. The number of carbonyl (C=O) groups excluding carboxylic acids is 2. The molecule has 3 aromatic carbocycles. The molecule has 1 fully saturated rings. The van der Waals surface area contributed by atoms with Crippen LogP contribution < -0.4 is 0 Å². The van der Waals surface area contributed by atoms with Gasteiger partial charge in [0.25, 0.3) is 0 Å². The van der Waals surface area contributed by atoms with Gasteiger partial charge in [-0.05, 0) is 66.0 Å². The Balaban J connectivity index is 1.49. The molecule has 3 heteroatoms. The van der Waals surface area contributed by atoms with E-state index in [1.54, 1.807) is 6.07 Å². The van der Waals surface area contributed by atoms with Crippen molar-refractivity contribution in [1.82, 2.24) is 0 Å². The van der Waals surface area contributed by atoms with Gasteiger partial charge >= 0.3 is 0 Å². The summed E-state index contributed by atoms with van der Waals surface area (Å²) in [6, 6.07) is 21.7. The van der Waals surface area contributed by atoms with Gasteiger partial charge in [-0.3, -0.25) is 9.59 Å². The minimum absolute atomic E-state index is 0.00138. The SMILES string of the molecule is O=C1C(=O)c2cc3ccccc3cc2C(O)=C1C1CCC(c2ccccc2)CC1. The average Bonchev–Trinajstić information content (AvgIpc) is 2.78. The number of fused-ring (bicyclic) bond motifs is 2. The first-order valence-corrected chi connectivity index (χ1v) is 10.2. The molecule has 0 bridgehead atoms. The number of aliphatic hydroxyl groups excluding tert-OH is 1. The second-order valence-electron chi connectivity index (χ2n) is 8.12. The first-order chi connectivity index (χ1) is 14.1. The van der Waals surface area contributed by atoms with Crippen LogP contribution in [-0.2, 0) is 4.79 Å². The summed E-state index contributed by atoms with van der Waals surface area (Å²) >= 11 is 0. The van der Waals surface area contributed by atoms with Crippen molar-refractivity contribution in [1.29, 1.82) is 0 Å². The summed E-state index contributed by atoms with van der Waals surface area (Å²) in [5, 5.41) is 12.9. The standard InChI is InChI=1S/C26H22O3/c27-24-21-14-19-8-4-5-9-20(19)15-22(21)25(28)26(29)23(24)18-12-10-17(11-13-18)16-6-2-1-3-7-16/h1-9,14-15,17-18,27H,10-13H2. The fraction of sp³-hybridized carbons (Fsp3) is 0.231. The highest BCUT2D eigenvalue weighted by molar-refractivity contribution is 6.52. The molecule has 144 valence electrons. The lowest BCUT2D eigenvalue weighted by atomic mass is 9.72. The van der Waals surface area contributed by atoms with Gasteiger partial charge in [0.1, 0.15) is 5.76 Å². The van der Waals surface area contributed by atoms with Gasteiger partial charge in [0.15, 0.2) is 0 Å². The van der Waals surface area contributed by atoms with Crippen molar-refractivity contribution in [2.75, 3.05) is 0 Å². The summed E-state index contributed by atoms with van der Waals surface area (Å²) < 4.78 is 0. The molecule has 1 saturated carbocycles. The fourth-order valence-electron chi connectivity index (χ4n) is 4.94. The zero-order chi connectivity index (χ0) is 20.0. The molecule has 0 unspecified atom stereocenters. The summed E-state index contributed by atoms with van der Waals surface area (Å²) in [4.78, 5) is 25.8. The van der Waals surface area contributed by atoms with E-state index in [1.807, 2.05) is 36.4 Å². The van der Waals surface area contributed by atoms with Gasteiger partial charge in [-0.2, -0.15) is 0 Å². The third-order valence-corrected chi connectivity index (χ3v) is 6.50. The lowest BCUT2D eigenvalue weighted by molar-refractivity contribution is -0.112. The molecule has 0 atom stereocenters. The van der Waals surface area contributed by atoms with Crippen LogP contribution in [0.5, 0.6) is 0 Å². The van der Waals surface area contributed by atoms with Gasteiger partial charge in [-0.25, -0.2) is 0 Å². The minimum atomic E-state index is -0.534. The first kappa shape index (κ1) is 17.9. The molecule has 3 nitrogen and oxygen atoms in total. The van der Waals surface area contributed by atoms with Crippen molar-refractivity contribution in [3.63, 3.8) is 0 Å². The van der Waals surface area contributed by atoms with Crippen molar-refractivity contribution in [2.24, 2.45) is 5.92 Å². The van der Waals surface area contributed by atoms with Gasteiger partial charge in [-0.15, -0.1) is 0 Å². The fourth-order valence-corrected chi connectivity index (χ4v) is 4.94. The molecule has 2 aliphatic carbocycles. The van der Waals surface area contributed by atoms with Gasteiger partial charge in [-0.1, -0.05) is 54.6 Å². The molecular formula is C26H22O3. The van der Waals surface area contributed by atoms with Crippen LogP contribution in [-0.4, -0.2) is 16.7 Å². The predicted octanol–water partition coefficient (Wildman–Crippen LogP) is 5.85. The highest BCUT2D eigenvalue weighted by atomic mass is 16.3. The van der Waals surface area contributed by atoms with E-state index in [-0.39, 0.29) is 11.7 Å². The number of ketones is 2. The Morgan fingerprint density at radius 1 is 0.655 bits per heavy atom. The Labute approximate surface area is 169 Å². The number of hydrogen-bond acceptors (Lipinski definition) is 3. The monoisotopic (exact) mass is 382 g/mol. The molecule has 0 saturated heterocycles. The van der Waals surface area contributed by atoms with E-state index < -0.39 is 11.6 Å². The third-order valence-electron chi connectivity index (χ3n) is 6.50. The number of aliphatic hydroxyl groups is 1. The largest absolute Gasteiger partial charge is 0.507 e. The van der Waals surface area contributed by atoms with Crippen LogP contribution >= 0.6 is 0 Å². The van der Waals surface area contributed by atoms with E-state index >= 15 is 0 Å².